The molecule has 5 heteroatoms. The lowest BCUT2D eigenvalue weighted by atomic mass is 10.1. The molecular formula is C13H18N2O3. The molecule has 0 radical (unpaired) electrons. The molecule has 0 aromatic carbocycles. The third-order valence-electron chi connectivity index (χ3n) is 3.30. The number of aliphatic hydroxyl groups is 1. The van der Waals surface area contributed by atoms with Crippen LogP contribution < -0.4 is 4.74 Å². The van der Waals surface area contributed by atoms with Crippen molar-refractivity contribution in [2.75, 3.05) is 20.3 Å². The number of carbonyl (C=O) groups excluding carboxylic acids is 1. The minimum absolute atomic E-state index is 0.0120. The fourth-order valence-electron chi connectivity index (χ4n) is 2.32. The van der Waals surface area contributed by atoms with Gasteiger partial charge in [-0.2, -0.15) is 0 Å². The number of carbonyl (C=O) groups is 1. The normalized spacial score (nSPS) is 19.1. The van der Waals surface area contributed by atoms with Crippen LogP contribution in [0.3, 0.4) is 0 Å². The van der Waals surface area contributed by atoms with Gasteiger partial charge in [-0.05, 0) is 25.8 Å². The van der Waals surface area contributed by atoms with Crippen LogP contribution in [0.2, 0.25) is 0 Å². The Balaban J connectivity index is 2.30. The first-order chi connectivity index (χ1) is 8.67. The summed E-state index contributed by atoms with van der Waals surface area (Å²) in [7, 11) is 1.52. The molecule has 0 spiro atoms. The molecular weight excluding hydrogens is 232 g/mol. The van der Waals surface area contributed by atoms with E-state index in [-0.39, 0.29) is 18.6 Å². The van der Waals surface area contributed by atoms with Crippen molar-refractivity contribution in [2.24, 2.45) is 0 Å². The van der Waals surface area contributed by atoms with Gasteiger partial charge in [-0.15, -0.1) is 0 Å². The van der Waals surface area contributed by atoms with Gasteiger partial charge >= 0.3 is 0 Å². The minimum Gasteiger partial charge on any atom is -0.494 e. The summed E-state index contributed by atoms with van der Waals surface area (Å²) in [4.78, 5) is 18.3. The van der Waals surface area contributed by atoms with Crippen LogP contribution in [0.25, 0.3) is 0 Å². The second-order valence-electron chi connectivity index (χ2n) is 4.50. The molecule has 0 unspecified atom stereocenters. The fourth-order valence-corrected chi connectivity index (χ4v) is 2.32. The molecule has 1 saturated heterocycles. The van der Waals surface area contributed by atoms with E-state index in [1.165, 1.54) is 7.11 Å². The molecule has 0 bridgehead atoms. The Kier molecular flexibility index (Phi) is 3.81. The Morgan fingerprint density at radius 1 is 1.67 bits per heavy atom. The first kappa shape index (κ1) is 12.8. The molecule has 1 aromatic heterocycles. The summed E-state index contributed by atoms with van der Waals surface area (Å²) in [6.07, 6.45) is 3.35. The summed E-state index contributed by atoms with van der Waals surface area (Å²) in [5.74, 6) is 0.392. The highest BCUT2D eigenvalue weighted by Gasteiger charge is 2.30. The highest BCUT2D eigenvalue weighted by atomic mass is 16.5. The molecule has 2 heterocycles. The van der Waals surface area contributed by atoms with Crippen LogP contribution in [-0.2, 0) is 0 Å². The summed E-state index contributed by atoms with van der Waals surface area (Å²) >= 11 is 0. The molecule has 0 saturated carbocycles. The van der Waals surface area contributed by atoms with Gasteiger partial charge in [0, 0.05) is 12.2 Å². The van der Waals surface area contributed by atoms with Gasteiger partial charge in [0.2, 0.25) is 0 Å². The number of pyridine rings is 1. The average molecular weight is 250 g/mol. The zero-order valence-electron chi connectivity index (χ0n) is 10.7. The van der Waals surface area contributed by atoms with E-state index in [1.807, 2.05) is 6.92 Å². The maximum atomic E-state index is 12.5. The molecule has 1 aromatic rings. The van der Waals surface area contributed by atoms with Crippen LogP contribution >= 0.6 is 0 Å². The van der Waals surface area contributed by atoms with Gasteiger partial charge in [0.1, 0.15) is 5.75 Å². The van der Waals surface area contributed by atoms with Crippen molar-refractivity contribution < 1.29 is 14.6 Å². The second kappa shape index (κ2) is 5.35. The number of aromatic nitrogens is 1. The molecule has 2 rings (SSSR count). The molecule has 5 nitrogen and oxygen atoms in total. The van der Waals surface area contributed by atoms with E-state index in [0.29, 0.717) is 17.9 Å². The summed E-state index contributed by atoms with van der Waals surface area (Å²) in [6, 6.07) is 1.66. The van der Waals surface area contributed by atoms with Crippen molar-refractivity contribution in [3.63, 3.8) is 0 Å². The maximum Gasteiger partial charge on any atom is 0.258 e. The lowest BCUT2D eigenvalue weighted by molar-refractivity contribution is 0.0674. The van der Waals surface area contributed by atoms with Gasteiger partial charge in [-0.25, -0.2) is 0 Å². The summed E-state index contributed by atoms with van der Waals surface area (Å²) in [5.41, 5.74) is 1.30. The first-order valence-electron chi connectivity index (χ1n) is 6.10. The number of ether oxygens (including phenoxy) is 1. The fraction of sp³-hybridized carbons (Fsp3) is 0.538. The first-order valence-corrected chi connectivity index (χ1v) is 6.10. The number of nitrogens with zero attached hydrogens (tertiary/aromatic N) is 2. The van der Waals surface area contributed by atoms with Gasteiger partial charge < -0.3 is 14.7 Å². The number of methoxy groups -OCH3 is 1. The predicted octanol–water partition coefficient (Wildman–Crippen LogP) is 0.996. The van der Waals surface area contributed by atoms with Crippen LogP contribution in [0.1, 0.15) is 28.9 Å². The van der Waals surface area contributed by atoms with Crippen LogP contribution in [0, 0.1) is 6.92 Å². The predicted molar refractivity (Wildman–Crippen MR) is 66.7 cm³/mol. The van der Waals surface area contributed by atoms with Crippen molar-refractivity contribution in [1.29, 1.82) is 0 Å². The minimum atomic E-state index is -0.0890. The average Bonchev–Trinajstić information content (AvgIpc) is 2.86. The largest absolute Gasteiger partial charge is 0.494 e. The van der Waals surface area contributed by atoms with Crippen molar-refractivity contribution in [1.82, 2.24) is 9.88 Å². The molecule has 1 atom stereocenters. The van der Waals surface area contributed by atoms with E-state index in [0.717, 1.165) is 18.5 Å². The molecule has 1 aliphatic heterocycles. The smallest absolute Gasteiger partial charge is 0.258 e. The zero-order chi connectivity index (χ0) is 13.1. The van der Waals surface area contributed by atoms with E-state index in [9.17, 15) is 9.90 Å². The SMILES string of the molecule is COc1cnc(C)cc1C(=O)N1CCC[C@H]1CO. The van der Waals surface area contributed by atoms with E-state index in [1.54, 1.807) is 17.2 Å². The second-order valence-corrected chi connectivity index (χ2v) is 4.50. The Labute approximate surface area is 106 Å². The molecule has 98 valence electrons. The maximum absolute atomic E-state index is 12.5. The molecule has 1 fully saturated rings. The van der Waals surface area contributed by atoms with Gasteiger partial charge in [0.15, 0.2) is 0 Å². The van der Waals surface area contributed by atoms with Crippen molar-refractivity contribution in [2.45, 2.75) is 25.8 Å². The standard InChI is InChI=1S/C13H18N2O3/c1-9-6-11(12(18-2)7-14-9)13(17)15-5-3-4-10(15)8-16/h6-7,10,16H,3-5,8H2,1-2H3/t10-/m0/s1. The van der Waals surface area contributed by atoms with Gasteiger partial charge in [0.05, 0.1) is 31.5 Å². The van der Waals surface area contributed by atoms with E-state index in [2.05, 4.69) is 4.98 Å². The Hall–Kier alpha value is -1.62. The Morgan fingerprint density at radius 2 is 2.44 bits per heavy atom. The molecule has 1 amide bonds. The van der Waals surface area contributed by atoms with Gasteiger partial charge in [0.25, 0.3) is 5.91 Å². The zero-order valence-corrected chi connectivity index (χ0v) is 10.7. The molecule has 0 aliphatic carbocycles. The van der Waals surface area contributed by atoms with Crippen LogP contribution in [0.4, 0.5) is 0 Å². The Bertz CT molecular complexity index is 448. The number of hydrogen-bond acceptors (Lipinski definition) is 4. The number of rotatable bonds is 3. The van der Waals surface area contributed by atoms with E-state index >= 15 is 0 Å². The number of hydrogen-bond donors (Lipinski definition) is 1. The van der Waals surface area contributed by atoms with Crippen LogP contribution in [0.15, 0.2) is 12.3 Å². The molecule has 18 heavy (non-hydrogen) atoms. The number of amides is 1. The van der Waals surface area contributed by atoms with Gasteiger partial charge in [-0.1, -0.05) is 0 Å². The number of aryl methyl sites for hydroxylation is 1. The van der Waals surface area contributed by atoms with E-state index in [4.69, 9.17) is 4.74 Å². The van der Waals surface area contributed by atoms with Crippen molar-refractivity contribution in [3.05, 3.63) is 23.5 Å². The molecule has 1 N–H and O–H groups in total. The summed E-state index contributed by atoms with van der Waals surface area (Å²) in [5, 5.41) is 9.28. The quantitative estimate of drug-likeness (QED) is 0.869. The molecule has 1 aliphatic rings. The lowest BCUT2D eigenvalue weighted by Gasteiger charge is -2.23. The van der Waals surface area contributed by atoms with Crippen LogP contribution in [0.5, 0.6) is 5.75 Å². The lowest BCUT2D eigenvalue weighted by Crippen LogP contribution is -2.37. The summed E-state index contributed by atoms with van der Waals surface area (Å²) in [6.45, 7) is 2.54. The number of likely N-dealkylation sites (tertiary alicyclic amines) is 1. The highest BCUT2D eigenvalue weighted by molar-refractivity contribution is 5.97. The number of aliphatic hydroxyl groups excluding tert-OH is 1. The topological polar surface area (TPSA) is 62.7 Å². The Morgan fingerprint density at radius 3 is 3.11 bits per heavy atom. The van der Waals surface area contributed by atoms with Gasteiger partial charge in [-0.3, -0.25) is 9.78 Å². The third-order valence-corrected chi connectivity index (χ3v) is 3.30. The highest BCUT2D eigenvalue weighted by Crippen LogP contribution is 2.24. The van der Waals surface area contributed by atoms with E-state index < -0.39 is 0 Å². The summed E-state index contributed by atoms with van der Waals surface area (Å²) < 4.78 is 5.18. The van der Waals surface area contributed by atoms with Crippen molar-refractivity contribution >= 4 is 5.91 Å². The third kappa shape index (κ3) is 2.31. The van der Waals surface area contributed by atoms with Crippen molar-refractivity contribution in [3.8, 4) is 5.75 Å². The van der Waals surface area contributed by atoms with Crippen LogP contribution in [-0.4, -0.2) is 47.2 Å². The monoisotopic (exact) mass is 250 g/mol.